The van der Waals surface area contributed by atoms with Crippen LogP contribution < -0.4 is 5.32 Å². The number of rotatable bonds is 4. The molecule has 2 amide bonds. The van der Waals surface area contributed by atoms with Gasteiger partial charge in [-0.25, -0.2) is 18.4 Å². The molecule has 0 unspecified atom stereocenters. The lowest BCUT2D eigenvalue weighted by Crippen LogP contribution is -2.31. The molecule has 0 aliphatic rings. The summed E-state index contributed by atoms with van der Waals surface area (Å²) >= 11 is 0. The molecule has 2 N–H and O–H groups in total. The topological polar surface area (TPSA) is 69.6 Å². The third kappa shape index (κ3) is 3.51. The van der Waals surface area contributed by atoms with Crippen molar-refractivity contribution in [3.05, 3.63) is 42.0 Å². The number of nitrogens with zero attached hydrogens (tertiary/aromatic N) is 1. The van der Waals surface area contributed by atoms with E-state index < -0.39 is 29.2 Å². The van der Waals surface area contributed by atoms with Gasteiger partial charge in [-0.05, 0) is 12.1 Å². The number of likely N-dealkylation sites (N-methyl/N-ethyl adjacent to an activating group) is 1. The second-order valence-electron chi connectivity index (χ2n) is 3.72. The van der Waals surface area contributed by atoms with Gasteiger partial charge in [-0.15, -0.1) is 6.58 Å². The number of hydrogen-bond donors (Lipinski definition) is 2. The van der Waals surface area contributed by atoms with Gasteiger partial charge in [0.15, 0.2) is 0 Å². The smallest absolute Gasteiger partial charge is 0.341 e. The number of carboxylic acids is 1. The Balaban J connectivity index is 2.95. The summed E-state index contributed by atoms with van der Waals surface area (Å²) in [6.07, 6.45) is 1.48. The van der Waals surface area contributed by atoms with E-state index >= 15 is 0 Å². The van der Waals surface area contributed by atoms with Crippen molar-refractivity contribution < 1.29 is 23.5 Å². The fraction of sp³-hybridized carbons (Fsp3) is 0.167. The highest BCUT2D eigenvalue weighted by atomic mass is 19.1. The Hall–Kier alpha value is -2.44. The molecule has 19 heavy (non-hydrogen) atoms. The van der Waals surface area contributed by atoms with Gasteiger partial charge in [-0.1, -0.05) is 6.08 Å². The van der Waals surface area contributed by atoms with Crippen LogP contribution in [0.5, 0.6) is 0 Å². The van der Waals surface area contributed by atoms with Crippen LogP contribution in [-0.2, 0) is 0 Å². The molecule has 0 heterocycles. The maximum Gasteiger partial charge on any atom is 0.341 e. The molecule has 0 spiro atoms. The van der Waals surface area contributed by atoms with Crippen LogP contribution in [0.25, 0.3) is 0 Å². The Morgan fingerprint density at radius 3 is 2.37 bits per heavy atom. The molecule has 0 fully saturated rings. The van der Waals surface area contributed by atoms with Gasteiger partial charge in [-0.3, -0.25) is 0 Å². The zero-order valence-corrected chi connectivity index (χ0v) is 10.1. The number of urea groups is 1. The standard InChI is InChI=1S/C12H12F2N2O3/c1-3-4-16(2)12(19)15-7-5-8(13)10(11(17)18)9(14)6-7/h3,5-6H,1,4H2,2H3,(H,15,19)(H,17,18). The first-order valence-electron chi connectivity index (χ1n) is 5.22. The Bertz CT molecular complexity index is 509. The molecule has 102 valence electrons. The van der Waals surface area contributed by atoms with Gasteiger partial charge >= 0.3 is 12.0 Å². The summed E-state index contributed by atoms with van der Waals surface area (Å²) in [5.74, 6) is -4.22. The van der Waals surface area contributed by atoms with Gasteiger partial charge in [0.2, 0.25) is 0 Å². The molecule has 5 nitrogen and oxygen atoms in total. The molecular formula is C12H12F2N2O3. The molecule has 7 heteroatoms. The molecule has 1 aromatic rings. The van der Waals surface area contributed by atoms with E-state index in [-0.39, 0.29) is 12.2 Å². The van der Waals surface area contributed by atoms with Gasteiger partial charge in [0, 0.05) is 19.3 Å². The molecule has 1 aromatic carbocycles. The largest absolute Gasteiger partial charge is 0.477 e. The molecule has 0 aliphatic heterocycles. The van der Waals surface area contributed by atoms with Crippen molar-refractivity contribution in [2.45, 2.75) is 0 Å². The van der Waals surface area contributed by atoms with Crippen molar-refractivity contribution in [3.8, 4) is 0 Å². The maximum absolute atomic E-state index is 13.4. The van der Waals surface area contributed by atoms with Crippen LogP contribution in [0.2, 0.25) is 0 Å². The van der Waals surface area contributed by atoms with E-state index in [4.69, 9.17) is 5.11 Å². The average Bonchev–Trinajstić information content (AvgIpc) is 2.27. The number of anilines is 1. The van der Waals surface area contributed by atoms with Crippen LogP contribution in [0.3, 0.4) is 0 Å². The average molecular weight is 270 g/mol. The van der Waals surface area contributed by atoms with Crippen molar-refractivity contribution >= 4 is 17.7 Å². The quantitative estimate of drug-likeness (QED) is 0.825. The van der Waals surface area contributed by atoms with E-state index in [0.717, 1.165) is 12.1 Å². The minimum absolute atomic E-state index is 0.166. The first-order chi connectivity index (χ1) is 8.86. The Kier molecular flexibility index (Phi) is 4.57. The summed E-state index contributed by atoms with van der Waals surface area (Å²) in [6, 6.07) is 0.889. The molecule has 0 saturated heterocycles. The summed E-state index contributed by atoms with van der Waals surface area (Å²) in [7, 11) is 1.47. The number of halogens is 2. The molecular weight excluding hydrogens is 258 g/mol. The lowest BCUT2D eigenvalue weighted by atomic mass is 10.2. The number of carbonyl (C=O) groups is 2. The van der Waals surface area contributed by atoms with Gasteiger partial charge < -0.3 is 15.3 Å². The minimum Gasteiger partial charge on any atom is -0.477 e. The predicted octanol–water partition coefficient (Wildman–Crippen LogP) is 2.31. The zero-order chi connectivity index (χ0) is 14.6. The number of aromatic carboxylic acids is 1. The second-order valence-corrected chi connectivity index (χ2v) is 3.72. The molecule has 0 aliphatic carbocycles. The van der Waals surface area contributed by atoms with Crippen LogP contribution in [-0.4, -0.2) is 35.6 Å². The van der Waals surface area contributed by atoms with Crippen LogP contribution in [0, 0.1) is 11.6 Å². The van der Waals surface area contributed by atoms with Crippen LogP contribution in [0.1, 0.15) is 10.4 Å². The van der Waals surface area contributed by atoms with E-state index in [0.29, 0.717) is 0 Å². The highest BCUT2D eigenvalue weighted by Crippen LogP contribution is 2.19. The number of nitrogens with one attached hydrogen (secondary N) is 1. The molecule has 0 bridgehead atoms. The number of benzene rings is 1. The Morgan fingerprint density at radius 1 is 1.42 bits per heavy atom. The zero-order valence-electron chi connectivity index (χ0n) is 10.1. The van der Waals surface area contributed by atoms with E-state index in [1.807, 2.05) is 0 Å². The fourth-order valence-electron chi connectivity index (χ4n) is 1.35. The Labute approximate surface area is 108 Å². The highest BCUT2D eigenvalue weighted by molar-refractivity contribution is 5.92. The molecule has 0 atom stereocenters. The van der Waals surface area contributed by atoms with E-state index in [1.54, 1.807) is 0 Å². The first kappa shape index (κ1) is 14.6. The summed E-state index contributed by atoms with van der Waals surface area (Å²) in [4.78, 5) is 23.4. The maximum atomic E-state index is 13.4. The van der Waals surface area contributed by atoms with E-state index in [2.05, 4.69) is 11.9 Å². The third-order valence-corrected chi connectivity index (χ3v) is 2.26. The predicted molar refractivity (Wildman–Crippen MR) is 65.2 cm³/mol. The lowest BCUT2D eigenvalue weighted by molar-refractivity contribution is 0.0686. The summed E-state index contributed by atoms with van der Waals surface area (Å²) in [6.45, 7) is 3.70. The second kappa shape index (κ2) is 5.94. The van der Waals surface area contributed by atoms with Gasteiger partial charge in [0.05, 0.1) is 0 Å². The van der Waals surface area contributed by atoms with Crippen LogP contribution in [0.15, 0.2) is 24.8 Å². The molecule has 0 saturated carbocycles. The van der Waals surface area contributed by atoms with Gasteiger partial charge in [0.1, 0.15) is 17.2 Å². The summed E-state index contributed by atoms with van der Waals surface area (Å²) in [5.41, 5.74) is -1.22. The normalized spacial score (nSPS) is 9.84. The molecule has 0 radical (unpaired) electrons. The van der Waals surface area contributed by atoms with Crippen LogP contribution >= 0.6 is 0 Å². The van der Waals surface area contributed by atoms with Gasteiger partial charge in [-0.2, -0.15) is 0 Å². The number of hydrogen-bond acceptors (Lipinski definition) is 2. The molecule has 1 rings (SSSR count). The van der Waals surface area contributed by atoms with Crippen molar-refractivity contribution in [3.63, 3.8) is 0 Å². The van der Waals surface area contributed by atoms with E-state index in [9.17, 15) is 18.4 Å². The third-order valence-electron chi connectivity index (χ3n) is 2.26. The molecule has 0 aromatic heterocycles. The number of amides is 2. The summed E-state index contributed by atoms with van der Waals surface area (Å²) in [5, 5.41) is 10.8. The van der Waals surface area contributed by atoms with Crippen molar-refractivity contribution in [1.82, 2.24) is 4.90 Å². The monoisotopic (exact) mass is 270 g/mol. The number of carboxylic acid groups (broad SMARTS) is 1. The first-order valence-corrected chi connectivity index (χ1v) is 5.22. The van der Waals surface area contributed by atoms with Crippen molar-refractivity contribution in [1.29, 1.82) is 0 Å². The number of carbonyl (C=O) groups excluding carboxylic acids is 1. The SMILES string of the molecule is C=CCN(C)C(=O)Nc1cc(F)c(C(=O)O)c(F)c1. The van der Waals surface area contributed by atoms with Crippen molar-refractivity contribution in [2.75, 3.05) is 18.9 Å². The fourth-order valence-corrected chi connectivity index (χ4v) is 1.35. The highest BCUT2D eigenvalue weighted by Gasteiger charge is 2.18. The summed E-state index contributed by atoms with van der Waals surface area (Å²) < 4.78 is 26.7. The van der Waals surface area contributed by atoms with E-state index in [1.165, 1.54) is 18.0 Å². The minimum atomic E-state index is -1.71. The lowest BCUT2D eigenvalue weighted by Gasteiger charge is -2.16. The van der Waals surface area contributed by atoms with Crippen LogP contribution in [0.4, 0.5) is 19.3 Å². The van der Waals surface area contributed by atoms with Crippen molar-refractivity contribution in [2.24, 2.45) is 0 Å². The van der Waals surface area contributed by atoms with Gasteiger partial charge in [0.25, 0.3) is 0 Å². The Morgan fingerprint density at radius 2 is 1.95 bits per heavy atom.